The highest BCUT2D eigenvalue weighted by molar-refractivity contribution is 9.10. The van der Waals surface area contributed by atoms with Crippen LogP contribution in [0.4, 0.5) is 0 Å². The second kappa shape index (κ2) is 5.94. The summed E-state index contributed by atoms with van der Waals surface area (Å²) in [5, 5.41) is 3.42. The van der Waals surface area contributed by atoms with E-state index in [9.17, 15) is 0 Å². The number of aryl methyl sites for hydroxylation is 1. The monoisotopic (exact) mass is 290 g/mol. The van der Waals surface area contributed by atoms with Gasteiger partial charge in [0.15, 0.2) is 0 Å². The quantitative estimate of drug-likeness (QED) is 0.933. The van der Waals surface area contributed by atoms with Crippen LogP contribution >= 0.6 is 15.9 Å². The number of nitrogens with zero attached hydrogens (tertiary/aromatic N) is 1. The lowest BCUT2D eigenvalue weighted by molar-refractivity contribution is 0.690. The van der Waals surface area contributed by atoms with Crippen molar-refractivity contribution in [1.82, 2.24) is 10.3 Å². The zero-order chi connectivity index (χ0) is 12.1. The molecule has 0 aliphatic rings. The van der Waals surface area contributed by atoms with Crippen LogP contribution < -0.4 is 5.32 Å². The van der Waals surface area contributed by atoms with Crippen LogP contribution in [0.25, 0.3) is 0 Å². The molecule has 1 heterocycles. The lowest BCUT2D eigenvalue weighted by Gasteiger charge is -2.07. The van der Waals surface area contributed by atoms with Crippen LogP contribution in [-0.2, 0) is 13.1 Å². The SMILES string of the molecule is Cc1ccc(CNCc2ccncc2)c(Br)c1. The molecule has 0 aliphatic heterocycles. The van der Waals surface area contributed by atoms with Crippen LogP contribution in [0.1, 0.15) is 16.7 Å². The number of hydrogen-bond donors (Lipinski definition) is 1. The molecular weight excluding hydrogens is 276 g/mol. The first-order valence-corrected chi connectivity index (χ1v) is 6.39. The molecule has 0 aliphatic carbocycles. The fourth-order valence-electron chi connectivity index (χ4n) is 1.64. The fourth-order valence-corrected chi connectivity index (χ4v) is 2.27. The van der Waals surface area contributed by atoms with E-state index in [1.54, 1.807) is 0 Å². The van der Waals surface area contributed by atoms with Gasteiger partial charge in [0, 0.05) is 30.0 Å². The Hall–Kier alpha value is -1.19. The van der Waals surface area contributed by atoms with Gasteiger partial charge in [0.25, 0.3) is 0 Å². The van der Waals surface area contributed by atoms with E-state index in [1.165, 1.54) is 21.2 Å². The summed E-state index contributed by atoms with van der Waals surface area (Å²) in [7, 11) is 0. The number of halogens is 1. The Labute approximate surface area is 110 Å². The van der Waals surface area contributed by atoms with Crippen molar-refractivity contribution < 1.29 is 0 Å². The van der Waals surface area contributed by atoms with E-state index in [-0.39, 0.29) is 0 Å². The molecule has 88 valence electrons. The minimum atomic E-state index is 0.864. The summed E-state index contributed by atoms with van der Waals surface area (Å²) in [6.07, 6.45) is 3.64. The van der Waals surface area contributed by atoms with E-state index in [0.29, 0.717) is 0 Å². The Bertz CT molecular complexity index is 483. The number of nitrogens with one attached hydrogen (secondary N) is 1. The van der Waals surface area contributed by atoms with Crippen molar-refractivity contribution in [3.05, 3.63) is 63.9 Å². The van der Waals surface area contributed by atoms with Gasteiger partial charge in [-0.3, -0.25) is 4.98 Å². The fraction of sp³-hybridized carbons (Fsp3) is 0.214. The molecule has 0 radical (unpaired) electrons. The summed E-state index contributed by atoms with van der Waals surface area (Å²) in [6.45, 7) is 3.82. The van der Waals surface area contributed by atoms with E-state index in [1.807, 2.05) is 24.5 Å². The van der Waals surface area contributed by atoms with Gasteiger partial charge in [0.05, 0.1) is 0 Å². The van der Waals surface area contributed by atoms with Crippen LogP contribution in [0.3, 0.4) is 0 Å². The zero-order valence-corrected chi connectivity index (χ0v) is 11.4. The summed E-state index contributed by atoms with van der Waals surface area (Å²) in [6, 6.07) is 10.5. The van der Waals surface area contributed by atoms with Gasteiger partial charge < -0.3 is 5.32 Å². The van der Waals surface area contributed by atoms with Crippen molar-refractivity contribution in [2.45, 2.75) is 20.0 Å². The summed E-state index contributed by atoms with van der Waals surface area (Å²) < 4.78 is 1.17. The molecule has 0 fully saturated rings. The second-order valence-corrected chi connectivity index (χ2v) is 4.91. The van der Waals surface area contributed by atoms with Crippen LogP contribution in [0.2, 0.25) is 0 Å². The van der Waals surface area contributed by atoms with Gasteiger partial charge in [-0.25, -0.2) is 0 Å². The first kappa shape index (κ1) is 12.3. The van der Waals surface area contributed by atoms with E-state index < -0.39 is 0 Å². The van der Waals surface area contributed by atoms with Gasteiger partial charge >= 0.3 is 0 Å². The van der Waals surface area contributed by atoms with E-state index in [2.05, 4.69) is 51.4 Å². The van der Waals surface area contributed by atoms with E-state index in [4.69, 9.17) is 0 Å². The molecule has 0 saturated carbocycles. The third kappa shape index (κ3) is 3.65. The number of aromatic nitrogens is 1. The summed E-state index contributed by atoms with van der Waals surface area (Å²) in [4.78, 5) is 4.00. The third-order valence-electron chi connectivity index (χ3n) is 2.60. The largest absolute Gasteiger partial charge is 0.309 e. The highest BCUT2D eigenvalue weighted by atomic mass is 79.9. The maximum Gasteiger partial charge on any atom is 0.0271 e. The second-order valence-electron chi connectivity index (χ2n) is 4.05. The molecular formula is C14H15BrN2. The van der Waals surface area contributed by atoms with Crippen LogP contribution in [0.5, 0.6) is 0 Å². The van der Waals surface area contributed by atoms with E-state index >= 15 is 0 Å². The van der Waals surface area contributed by atoms with E-state index in [0.717, 1.165) is 13.1 Å². The Kier molecular flexibility index (Phi) is 4.29. The van der Waals surface area contributed by atoms with Crippen molar-refractivity contribution in [1.29, 1.82) is 0 Å². The van der Waals surface area contributed by atoms with Gasteiger partial charge in [-0.15, -0.1) is 0 Å². The van der Waals surface area contributed by atoms with Crippen molar-refractivity contribution >= 4 is 15.9 Å². The summed E-state index contributed by atoms with van der Waals surface area (Å²) >= 11 is 3.58. The predicted molar refractivity (Wildman–Crippen MR) is 73.7 cm³/mol. The molecule has 17 heavy (non-hydrogen) atoms. The highest BCUT2D eigenvalue weighted by Gasteiger charge is 1.99. The Balaban J connectivity index is 1.90. The molecule has 2 rings (SSSR count). The lowest BCUT2D eigenvalue weighted by Crippen LogP contribution is -2.13. The first-order chi connectivity index (χ1) is 8.25. The number of benzene rings is 1. The van der Waals surface area contributed by atoms with Gasteiger partial charge in [0.2, 0.25) is 0 Å². The number of hydrogen-bond acceptors (Lipinski definition) is 2. The Morgan fingerprint density at radius 2 is 1.88 bits per heavy atom. The third-order valence-corrected chi connectivity index (χ3v) is 3.34. The van der Waals surface area contributed by atoms with Gasteiger partial charge in [-0.05, 0) is 41.8 Å². The van der Waals surface area contributed by atoms with Crippen molar-refractivity contribution in [2.75, 3.05) is 0 Å². The van der Waals surface area contributed by atoms with Crippen molar-refractivity contribution in [3.63, 3.8) is 0 Å². The molecule has 0 bridgehead atoms. The average Bonchev–Trinajstić information content (AvgIpc) is 2.33. The van der Waals surface area contributed by atoms with Gasteiger partial charge in [-0.1, -0.05) is 28.1 Å². The highest BCUT2D eigenvalue weighted by Crippen LogP contribution is 2.18. The maximum absolute atomic E-state index is 4.00. The summed E-state index contributed by atoms with van der Waals surface area (Å²) in [5.74, 6) is 0. The molecule has 0 atom stereocenters. The molecule has 1 aromatic carbocycles. The maximum atomic E-state index is 4.00. The Morgan fingerprint density at radius 1 is 1.12 bits per heavy atom. The topological polar surface area (TPSA) is 24.9 Å². The van der Waals surface area contributed by atoms with Crippen molar-refractivity contribution in [3.8, 4) is 0 Å². The molecule has 3 heteroatoms. The molecule has 1 aromatic heterocycles. The minimum Gasteiger partial charge on any atom is -0.309 e. The molecule has 2 aromatic rings. The molecule has 0 unspecified atom stereocenters. The molecule has 0 saturated heterocycles. The van der Waals surface area contributed by atoms with Gasteiger partial charge in [-0.2, -0.15) is 0 Å². The van der Waals surface area contributed by atoms with Crippen LogP contribution in [-0.4, -0.2) is 4.98 Å². The number of rotatable bonds is 4. The molecule has 0 amide bonds. The molecule has 1 N–H and O–H groups in total. The average molecular weight is 291 g/mol. The molecule has 0 spiro atoms. The first-order valence-electron chi connectivity index (χ1n) is 5.60. The Morgan fingerprint density at radius 3 is 2.59 bits per heavy atom. The summed E-state index contributed by atoms with van der Waals surface area (Å²) in [5.41, 5.74) is 3.81. The van der Waals surface area contributed by atoms with Crippen molar-refractivity contribution in [2.24, 2.45) is 0 Å². The van der Waals surface area contributed by atoms with Gasteiger partial charge in [0.1, 0.15) is 0 Å². The zero-order valence-electron chi connectivity index (χ0n) is 9.78. The normalized spacial score (nSPS) is 10.5. The smallest absolute Gasteiger partial charge is 0.0271 e. The standard InChI is InChI=1S/C14H15BrN2/c1-11-2-3-13(14(15)8-11)10-17-9-12-4-6-16-7-5-12/h2-8,17H,9-10H2,1H3. The van der Waals surface area contributed by atoms with Crippen LogP contribution in [0.15, 0.2) is 47.2 Å². The lowest BCUT2D eigenvalue weighted by atomic mass is 10.1. The number of pyridine rings is 1. The van der Waals surface area contributed by atoms with Crippen LogP contribution in [0, 0.1) is 6.92 Å². The molecule has 2 nitrogen and oxygen atoms in total. The minimum absolute atomic E-state index is 0.864. The predicted octanol–water partition coefficient (Wildman–Crippen LogP) is 3.44.